The Bertz CT molecular complexity index is 368. The van der Waals surface area contributed by atoms with E-state index in [1.54, 1.807) is 0 Å². The number of rotatable bonds is 1. The van der Waals surface area contributed by atoms with Crippen LogP contribution in [0, 0.1) is 6.92 Å². The van der Waals surface area contributed by atoms with Crippen molar-refractivity contribution in [2.24, 2.45) is 0 Å². The highest BCUT2D eigenvalue weighted by atomic mass is 14.5. The largest absolute Gasteiger partial charge is 0.399 e. The minimum Gasteiger partial charge on any atom is -0.399 e. The highest BCUT2D eigenvalue weighted by Crippen LogP contribution is 2.20. The number of hydrogen-bond donors (Lipinski definition) is 1. The van der Waals surface area contributed by atoms with Crippen molar-refractivity contribution in [1.29, 1.82) is 0 Å². The number of nitrogens with two attached hydrogens (primary N) is 1. The molecular formula is C13H12N. The molecule has 2 aromatic carbocycles. The van der Waals surface area contributed by atoms with Crippen molar-refractivity contribution < 1.29 is 0 Å². The number of anilines is 1. The van der Waals surface area contributed by atoms with E-state index in [0.29, 0.717) is 0 Å². The summed E-state index contributed by atoms with van der Waals surface area (Å²) in [7, 11) is 0. The summed E-state index contributed by atoms with van der Waals surface area (Å²) < 4.78 is 0. The summed E-state index contributed by atoms with van der Waals surface area (Å²) >= 11 is 0. The summed E-state index contributed by atoms with van der Waals surface area (Å²) in [5, 5.41) is 0. The number of nitrogen functional groups attached to an aromatic ring is 1. The Morgan fingerprint density at radius 1 is 0.714 bits per heavy atom. The predicted octanol–water partition coefficient (Wildman–Crippen LogP) is 3.12. The van der Waals surface area contributed by atoms with Gasteiger partial charge in [-0.1, -0.05) is 36.4 Å². The Kier molecular flexibility index (Phi) is 2.23. The molecule has 2 rings (SSSR count). The average Bonchev–Trinajstić information content (AvgIpc) is 2.21. The van der Waals surface area contributed by atoms with Gasteiger partial charge in [-0.05, 0) is 35.7 Å². The summed E-state index contributed by atoms with van der Waals surface area (Å²) in [6.45, 7) is 3.85. The number of benzene rings is 2. The van der Waals surface area contributed by atoms with Crippen LogP contribution in [0.15, 0.2) is 48.5 Å². The van der Waals surface area contributed by atoms with Crippen molar-refractivity contribution in [2.75, 3.05) is 5.73 Å². The Balaban J connectivity index is 2.40. The molecule has 0 aliphatic rings. The summed E-state index contributed by atoms with van der Waals surface area (Å²) in [6.07, 6.45) is 0. The molecule has 0 fully saturated rings. The van der Waals surface area contributed by atoms with E-state index in [4.69, 9.17) is 5.73 Å². The second kappa shape index (κ2) is 3.54. The lowest BCUT2D eigenvalue weighted by molar-refractivity contribution is 1.57. The third-order valence-corrected chi connectivity index (χ3v) is 2.20. The first-order valence-electron chi connectivity index (χ1n) is 4.53. The van der Waals surface area contributed by atoms with Crippen LogP contribution in [0.1, 0.15) is 5.56 Å². The van der Waals surface area contributed by atoms with Crippen LogP contribution in [-0.4, -0.2) is 0 Å². The van der Waals surface area contributed by atoms with Crippen LogP contribution < -0.4 is 5.73 Å². The molecule has 0 saturated heterocycles. The van der Waals surface area contributed by atoms with Crippen LogP contribution in [0.3, 0.4) is 0 Å². The standard InChI is InChI=1S/C13H12N/c1-10-2-4-11(5-3-10)12-6-8-13(14)9-7-12/h2-9H,1,14H2. The van der Waals surface area contributed by atoms with Crippen LogP contribution in [0.4, 0.5) is 5.69 Å². The highest BCUT2D eigenvalue weighted by Gasteiger charge is 1.95. The van der Waals surface area contributed by atoms with Gasteiger partial charge in [0.15, 0.2) is 0 Å². The van der Waals surface area contributed by atoms with Gasteiger partial charge in [0.05, 0.1) is 0 Å². The van der Waals surface area contributed by atoms with E-state index in [0.717, 1.165) is 11.3 Å². The monoisotopic (exact) mass is 182 g/mol. The van der Waals surface area contributed by atoms with E-state index in [9.17, 15) is 0 Å². The zero-order valence-corrected chi connectivity index (χ0v) is 7.90. The lowest BCUT2D eigenvalue weighted by Crippen LogP contribution is -1.83. The molecule has 1 heteroatoms. The van der Waals surface area contributed by atoms with Gasteiger partial charge in [-0.15, -0.1) is 0 Å². The fourth-order valence-corrected chi connectivity index (χ4v) is 1.37. The first kappa shape index (κ1) is 8.82. The van der Waals surface area contributed by atoms with E-state index in [1.165, 1.54) is 11.1 Å². The number of hydrogen-bond acceptors (Lipinski definition) is 1. The molecule has 0 unspecified atom stereocenters. The summed E-state index contributed by atoms with van der Waals surface area (Å²) in [5.74, 6) is 0. The van der Waals surface area contributed by atoms with Crippen LogP contribution in [0.5, 0.6) is 0 Å². The van der Waals surface area contributed by atoms with Gasteiger partial charge < -0.3 is 5.73 Å². The van der Waals surface area contributed by atoms with E-state index in [-0.39, 0.29) is 0 Å². The summed E-state index contributed by atoms with van der Waals surface area (Å²) in [5.41, 5.74) is 9.82. The van der Waals surface area contributed by atoms with Gasteiger partial charge in [-0.2, -0.15) is 0 Å². The van der Waals surface area contributed by atoms with Gasteiger partial charge in [0.25, 0.3) is 0 Å². The van der Waals surface area contributed by atoms with E-state index < -0.39 is 0 Å². The maximum absolute atomic E-state index is 5.62. The molecule has 0 amide bonds. The quantitative estimate of drug-likeness (QED) is 0.674. The second-order valence-corrected chi connectivity index (χ2v) is 3.32. The topological polar surface area (TPSA) is 26.0 Å². The SMILES string of the molecule is [CH2]c1ccc(-c2ccc(N)cc2)cc1. The molecule has 0 saturated carbocycles. The molecule has 1 nitrogen and oxygen atoms in total. The Labute approximate surface area is 84.2 Å². The van der Waals surface area contributed by atoms with Crippen molar-refractivity contribution in [1.82, 2.24) is 0 Å². The molecule has 0 heterocycles. The lowest BCUT2D eigenvalue weighted by Gasteiger charge is -2.02. The summed E-state index contributed by atoms with van der Waals surface area (Å²) in [6, 6.07) is 16.0. The second-order valence-electron chi connectivity index (χ2n) is 3.32. The van der Waals surface area contributed by atoms with Crippen molar-refractivity contribution in [3.8, 4) is 11.1 Å². The molecule has 0 atom stereocenters. The molecule has 0 aromatic heterocycles. The van der Waals surface area contributed by atoms with Gasteiger partial charge in [0.1, 0.15) is 0 Å². The zero-order valence-electron chi connectivity index (χ0n) is 7.90. The molecule has 2 aromatic rings. The van der Waals surface area contributed by atoms with E-state index in [2.05, 4.69) is 19.1 Å². The molecule has 2 N–H and O–H groups in total. The molecule has 0 spiro atoms. The molecule has 0 aliphatic heterocycles. The Morgan fingerprint density at radius 2 is 1.14 bits per heavy atom. The highest BCUT2D eigenvalue weighted by molar-refractivity contribution is 5.65. The predicted molar refractivity (Wildman–Crippen MR) is 60.7 cm³/mol. The van der Waals surface area contributed by atoms with Gasteiger partial charge in [-0.25, -0.2) is 0 Å². The maximum atomic E-state index is 5.62. The fraction of sp³-hybridized carbons (Fsp3) is 0. The molecular weight excluding hydrogens is 170 g/mol. The van der Waals surface area contributed by atoms with Gasteiger partial charge in [0, 0.05) is 5.69 Å². The minimum atomic E-state index is 0.794. The smallest absolute Gasteiger partial charge is 0.0314 e. The normalized spacial score (nSPS) is 10.1. The molecule has 14 heavy (non-hydrogen) atoms. The van der Waals surface area contributed by atoms with Crippen LogP contribution in [0.2, 0.25) is 0 Å². The molecule has 0 aliphatic carbocycles. The Hall–Kier alpha value is -1.76. The fourth-order valence-electron chi connectivity index (χ4n) is 1.37. The van der Waals surface area contributed by atoms with E-state index >= 15 is 0 Å². The lowest BCUT2D eigenvalue weighted by atomic mass is 10.0. The third-order valence-electron chi connectivity index (χ3n) is 2.20. The van der Waals surface area contributed by atoms with Crippen LogP contribution >= 0.6 is 0 Å². The zero-order chi connectivity index (χ0) is 9.97. The van der Waals surface area contributed by atoms with Gasteiger partial charge in [0.2, 0.25) is 0 Å². The van der Waals surface area contributed by atoms with Crippen molar-refractivity contribution in [2.45, 2.75) is 0 Å². The first-order chi connectivity index (χ1) is 6.75. The third kappa shape index (κ3) is 1.77. The molecule has 69 valence electrons. The van der Waals surface area contributed by atoms with Crippen molar-refractivity contribution in [3.63, 3.8) is 0 Å². The van der Waals surface area contributed by atoms with E-state index in [1.807, 2.05) is 36.4 Å². The average molecular weight is 182 g/mol. The van der Waals surface area contributed by atoms with Gasteiger partial charge >= 0.3 is 0 Å². The first-order valence-corrected chi connectivity index (χ1v) is 4.53. The van der Waals surface area contributed by atoms with Gasteiger partial charge in [-0.3, -0.25) is 0 Å². The molecule has 0 bridgehead atoms. The van der Waals surface area contributed by atoms with Crippen molar-refractivity contribution in [3.05, 3.63) is 61.0 Å². The van der Waals surface area contributed by atoms with Crippen LogP contribution in [0.25, 0.3) is 11.1 Å². The molecule has 1 radical (unpaired) electrons. The summed E-state index contributed by atoms with van der Waals surface area (Å²) in [4.78, 5) is 0. The van der Waals surface area contributed by atoms with Crippen molar-refractivity contribution >= 4 is 5.69 Å². The Morgan fingerprint density at radius 3 is 1.64 bits per heavy atom. The maximum Gasteiger partial charge on any atom is 0.0314 e. The van der Waals surface area contributed by atoms with Crippen LogP contribution in [-0.2, 0) is 0 Å². The minimum absolute atomic E-state index is 0.794.